The van der Waals surface area contributed by atoms with E-state index in [4.69, 9.17) is 0 Å². The van der Waals surface area contributed by atoms with Gasteiger partial charge in [0.25, 0.3) is 0 Å². The van der Waals surface area contributed by atoms with Crippen LogP contribution in [0.3, 0.4) is 0 Å². The fourth-order valence-electron chi connectivity index (χ4n) is 2.16. The van der Waals surface area contributed by atoms with Crippen LogP contribution in [0.25, 0.3) is 0 Å². The number of hydrogen-bond acceptors (Lipinski definition) is 1. The van der Waals surface area contributed by atoms with Gasteiger partial charge in [0, 0.05) is 6.04 Å². The van der Waals surface area contributed by atoms with E-state index in [0.29, 0.717) is 0 Å². The molecular formula is C9H17N. The van der Waals surface area contributed by atoms with Gasteiger partial charge in [-0.05, 0) is 44.7 Å². The molecule has 0 N–H and O–H groups in total. The molecule has 10 heavy (non-hydrogen) atoms. The highest BCUT2D eigenvalue weighted by Crippen LogP contribution is 2.67. The summed E-state index contributed by atoms with van der Waals surface area (Å²) in [5, 5.41) is 0. The van der Waals surface area contributed by atoms with Gasteiger partial charge in [0.15, 0.2) is 0 Å². The topological polar surface area (TPSA) is 3.24 Å². The summed E-state index contributed by atoms with van der Waals surface area (Å²) >= 11 is 0. The zero-order valence-electron chi connectivity index (χ0n) is 7.06. The van der Waals surface area contributed by atoms with Crippen molar-refractivity contribution >= 4 is 0 Å². The van der Waals surface area contributed by atoms with E-state index < -0.39 is 0 Å². The lowest BCUT2D eigenvalue weighted by Gasteiger charge is -2.14. The summed E-state index contributed by atoms with van der Waals surface area (Å²) in [7, 11) is 2.28. The molecule has 1 heteroatoms. The maximum atomic E-state index is 2.55. The Morgan fingerprint density at radius 1 is 1.50 bits per heavy atom. The Balaban J connectivity index is 1.79. The Kier molecular flexibility index (Phi) is 1.31. The smallest absolute Gasteiger partial charge is 0.0155 e. The van der Waals surface area contributed by atoms with Crippen LogP contribution >= 0.6 is 0 Å². The first-order chi connectivity index (χ1) is 4.78. The first kappa shape index (κ1) is 6.66. The molecule has 0 aromatic heterocycles. The van der Waals surface area contributed by atoms with Crippen LogP contribution in [0.4, 0.5) is 0 Å². The summed E-state index contributed by atoms with van der Waals surface area (Å²) < 4.78 is 0. The van der Waals surface area contributed by atoms with Gasteiger partial charge in [0.2, 0.25) is 0 Å². The molecule has 0 aliphatic heterocycles. The lowest BCUT2D eigenvalue weighted by atomic mass is 10.3. The normalized spacial score (nSPS) is 33.3. The van der Waals surface area contributed by atoms with Gasteiger partial charge in [-0.2, -0.15) is 0 Å². The third kappa shape index (κ3) is 0.878. The van der Waals surface area contributed by atoms with Gasteiger partial charge in [0.1, 0.15) is 0 Å². The van der Waals surface area contributed by atoms with Crippen LogP contribution in [0.5, 0.6) is 0 Å². The minimum atomic E-state index is 0.865. The first-order valence-corrected chi connectivity index (χ1v) is 4.49. The third-order valence-corrected chi connectivity index (χ3v) is 3.15. The molecule has 2 saturated carbocycles. The minimum Gasteiger partial charge on any atom is -0.303 e. The lowest BCUT2D eigenvalue weighted by Crippen LogP contribution is -2.23. The maximum Gasteiger partial charge on any atom is 0.0155 e. The fraction of sp³-hybridized carbons (Fsp3) is 1.00. The van der Waals surface area contributed by atoms with Gasteiger partial charge in [0.05, 0.1) is 0 Å². The van der Waals surface area contributed by atoms with Crippen LogP contribution < -0.4 is 0 Å². The number of nitrogens with zero attached hydrogens (tertiary/aromatic N) is 1. The largest absolute Gasteiger partial charge is 0.303 e. The molecule has 2 rings (SSSR count). The van der Waals surface area contributed by atoms with Crippen molar-refractivity contribution in [2.24, 2.45) is 5.41 Å². The Labute approximate surface area is 63.4 Å². The molecule has 2 aliphatic carbocycles. The third-order valence-electron chi connectivity index (χ3n) is 3.15. The van der Waals surface area contributed by atoms with Gasteiger partial charge < -0.3 is 4.90 Å². The molecular weight excluding hydrogens is 122 g/mol. The van der Waals surface area contributed by atoms with E-state index in [1.165, 1.54) is 32.2 Å². The summed E-state index contributed by atoms with van der Waals surface area (Å²) in [5.74, 6) is 0. The highest BCUT2D eigenvalue weighted by molar-refractivity contribution is 5.17. The summed E-state index contributed by atoms with van der Waals surface area (Å²) in [6.07, 6.45) is 5.85. The predicted molar refractivity (Wildman–Crippen MR) is 43.0 cm³/mol. The zero-order valence-corrected chi connectivity index (χ0v) is 7.06. The zero-order chi connectivity index (χ0) is 7.19. The van der Waals surface area contributed by atoms with Crippen molar-refractivity contribution < 1.29 is 0 Å². The standard InChI is InChI=1S/C9H17N/c1-3-6-10(2)8-7-9(8)4-5-9/h8H,3-7H2,1-2H3. The van der Waals surface area contributed by atoms with Crippen molar-refractivity contribution in [3.63, 3.8) is 0 Å². The summed E-state index contributed by atoms with van der Waals surface area (Å²) in [6.45, 7) is 3.56. The maximum absolute atomic E-state index is 2.55. The van der Waals surface area contributed by atoms with Crippen molar-refractivity contribution in [1.29, 1.82) is 0 Å². The van der Waals surface area contributed by atoms with Crippen LogP contribution in [0.2, 0.25) is 0 Å². The van der Waals surface area contributed by atoms with Crippen LogP contribution in [-0.4, -0.2) is 24.5 Å². The van der Waals surface area contributed by atoms with Crippen molar-refractivity contribution in [1.82, 2.24) is 4.90 Å². The van der Waals surface area contributed by atoms with Crippen LogP contribution in [0.15, 0.2) is 0 Å². The monoisotopic (exact) mass is 139 g/mol. The second-order valence-electron chi connectivity index (χ2n) is 4.06. The SMILES string of the molecule is CCCN(C)C1CC12CC2. The van der Waals surface area contributed by atoms with Gasteiger partial charge in [-0.3, -0.25) is 0 Å². The van der Waals surface area contributed by atoms with Crippen molar-refractivity contribution in [3.05, 3.63) is 0 Å². The highest BCUT2D eigenvalue weighted by Gasteiger charge is 2.63. The molecule has 1 unspecified atom stereocenters. The second-order valence-corrected chi connectivity index (χ2v) is 4.06. The average Bonchev–Trinajstić information content (AvgIpc) is 2.76. The van der Waals surface area contributed by atoms with Gasteiger partial charge >= 0.3 is 0 Å². The first-order valence-electron chi connectivity index (χ1n) is 4.49. The molecule has 1 spiro atoms. The van der Waals surface area contributed by atoms with Crippen molar-refractivity contribution in [2.45, 2.75) is 38.6 Å². The quantitative estimate of drug-likeness (QED) is 0.577. The molecule has 1 atom stereocenters. The summed E-state index contributed by atoms with van der Waals surface area (Å²) in [4.78, 5) is 2.55. The van der Waals surface area contributed by atoms with Crippen molar-refractivity contribution in [3.8, 4) is 0 Å². The van der Waals surface area contributed by atoms with E-state index in [1.807, 2.05) is 0 Å². The van der Waals surface area contributed by atoms with Crippen LogP contribution in [0, 0.1) is 5.41 Å². The predicted octanol–water partition coefficient (Wildman–Crippen LogP) is 1.88. The van der Waals surface area contributed by atoms with Crippen LogP contribution in [-0.2, 0) is 0 Å². The molecule has 0 bridgehead atoms. The molecule has 0 radical (unpaired) electrons. The van der Waals surface area contributed by atoms with E-state index in [9.17, 15) is 0 Å². The molecule has 2 fully saturated rings. The van der Waals surface area contributed by atoms with E-state index in [2.05, 4.69) is 18.9 Å². The Bertz CT molecular complexity index is 138. The van der Waals surface area contributed by atoms with E-state index in [-0.39, 0.29) is 0 Å². The molecule has 0 amide bonds. The van der Waals surface area contributed by atoms with Gasteiger partial charge in [-0.25, -0.2) is 0 Å². The Morgan fingerprint density at radius 2 is 2.20 bits per heavy atom. The van der Waals surface area contributed by atoms with Crippen LogP contribution in [0.1, 0.15) is 32.6 Å². The molecule has 0 saturated heterocycles. The van der Waals surface area contributed by atoms with E-state index in [0.717, 1.165) is 11.5 Å². The number of hydrogen-bond donors (Lipinski definition) is 0. The Morgan fingerprint density at radius 3 is 2.60 bits per heavy atom. The van der Waals surface area contributed by atoms with Gasteiger partial charge in [-0.15, -0.1) is 0 Å². The molecule has 0 aromatic rings. The summed E-state index contributed by atoms with van der Waals surface area (Å²) in [5.41, 5.74) is 0.865. The second kappa shape index (κ2) is 1.97. The Hall–Kier alpha value is -0.0400. The molecule has 2 aliphatic rings. The minimum absolute atomic E-state index is 0.865. The molecule has 0 aromatic carbocycles. The lowest BCUT2D eigenvalue weighted by molar-refractivity contribution is 0.306. The number of rotatable bonds is 3. The molecule has 0 heterocycles. The van der Waals surface area contributed by atoms with Gasteiger partial charge in [-0.1, -0.05) is 6.92 Å². The van der Waals surface area contributed by atoms with E-state index >= 15 is 0 Å². The fourth-order valence-corrected chi connectivity index (χ4v) is 2.16. The highest BCUT2D eigenvalue weighted by atomic mass is 15.2. The summed E-state index contributed by atoms with van der Waals surface area (Å²) in [6, 6.07) is 0.979. The van der Waals surface area contributed by atoms with Crippen molar-refractivity contribution in [2.75, 3.05) is 13.6 Å². The van der Waals surface area contributed by atoms with E-state index in [1.54, 1.807) is 0 Å². The average molecular weight is 139 g/mol. The molecule has 1 nitrogen and oxygen atoms in total. The molecule has 58 valence electrons.